The van der Waals surface area contributed by atoms with Crippen molar-refractivity contribution in [2.45, 2.75) is 127 Å². The number of aliphatic carboxylic acids is 1. The first kappa shape index (κ1) is 60.8. The van der Waals surface area contributed by atoms with Crippen molar-refractivity contribution in [3.05, 3.63) is 107 Å². The van der Waals surface area contributed by atoms with Gasteiger partial charge in [0, 0.05) is 43.2 Å². The standard InChI is InChI=1S/C54H69N7O14S2/c1-31(62)45-50(69)59-43(51(70)71)30-77-76-29-42(58-48(67)40(60-53(73)74-5)26-32-13-7-6-8-14-32)44(64)28-36(25-33-18-22-37(63)23-19-33)46(65)57-41(27-35-21-20-34-15-9-10-16-38(34)35)49(68)56-39(47(66)61-45)17-11-12-24-55-52(72)75-54(2,3)4/h6-10,13-16,18-19,21-23,31,36,39-43,45,62-63H,11-12,17,20,24-30H2,1-5H3,(H,55,72)(H,56,68)(H,57,65)(H,58,67)(H,59,69)(H,60,73)(H,61,66)(H,70,71)/t31-,36-,39+,40-,41-,42+,43+,45+/m1/s1. The van der Waals surface area contributed by atoms with Crippen molar-refractivity contribution in [3.63, 3.8) is 0 Å². The molecule has 1 fully saturated rings. The van der Waals surface area contributed by atoms with Crippen LogP contribution >= 0.6 is 21.6 Å². The summed E-state index contributed by atoms with van der Waals surface area (Å²) in [5, 5.41) is 49.5. The number of aromatic hydroxyl groups is 1. The van der Waals surface area contributed by atoms with Gasteiger partial charge in [-0.25, -0.2) is 14.4 Å². The zero-order chi connectivity index (χ0) is 56.2. The molecule has 0 bridgehead atoms. The molecular weight excluding hydrogens is 1030 g/mol. The van der Waals surface area contributed by atoms with Gasteiger partial charge in [0.05, 0.1) is 19.3 Å². The van der Waals surface area contributed by atoms with E-state index in [1.165, 1.54) is 19.1 Å². The number of carboxylic acids is 1. The van der Waals surface area contributed by atoms with E-state index in [0.717, 1.165) is 39.8 Å². The quantitative estimate of drug-likeness (QED) is 0.0725. The highest BCUT2D eigenvalue weighted by molar-refractivity contribution is 8.76. The number of unbranched alkanes of at least 4 members (excludes halogenated alkanes) is 1. The lowest BCUT2D eigenvalue weighted by molar-refractivity contribution is -0.142. The summed E-state index contributed by atoms with van der Waals surface area (Å²) < 4.78 is 10.1. The van der Waals surface area contributed by atoms with Crippen molar-refractivity contribution in [1.29, 1.82) is 0 Å². The summed E-state index contributed by atoms with van der Waals surface area (Å²) in [6, 6.07) is 13.4. The molecule has 7 amide bonds. The Hall–Kier alpha value is -7.11. The topological polar surface area (TPSA) is 317 Å². The number of alkyl carbamates (subject to hydrolysis) is 2. The van der Waals surface area contributed by atoms with Crippen molar-refractivity contribution < 1.29 is 67.9 Å². The van der Waals surface area contributed by atoms with Crippen LogP contribution in [0.3, 0.4) is 0 Å². The number of allylic oxidation sites excluding steroid dienone is 1. The van der Waals surface area contributed by atoms with Crippen LogP contribution in [-0.2, 0) is 62.3 Å². The molecule has 21 nitrogen and oxygen atoms in total. The number of benzene rings is 3. The van der Waals surface area contributed by atoms with Crippen LogP contribution in [0.15, 0.2) is 84.9 Å². The number of hydrogen-bond donors (Lipinski definition) is 10. The number of fused-ring (bicyclic) bond motifs is 1. The minimum atomic E-state index is -1.73. The Morgan fingerprint density at radius 3 is 2.10 bits per heavy atom. The van der Waals surface area contributed by atoms with Crippen LogP contribution in [0.2, 0.25) is 0 Å². The first-order valence-corrected chi connectivity index (χ1v) is 27.7. The van der Waals surface area contributed by atoms with Crippen molar-refractivity contribution in [3.8, 4) is 5.75 Å². The Morgan fingerprint density at radius 2 is 1.43 bits per heavy atom. The Kier molecular flexibility index (Phi) is 23.2. The Bertz CT molecular complexity index is 2600. The van der Waals surface area contributed by atoms with Gasteiger partial charge in [0.2, 0.25) is 29.5 Å². The van der Waals surface area contributed by atoms with Crippen molar-refractivity contribution in [2.24, 2.45) is 5.92 Å². The molecule has 416 valence electrons. The van der Waals surface area contributed by atoms with Gasteiger partial charge in [-0.1, -0.05) is 94.4 Å². The smallest absolute Gasteiger partial charge is 0.407 e. The molecule has 0 aromatic heterocycles. The highest BCUT2D eigenvalue weighted by Gasteiger charge is 2.37. The minimum Gasteiger partial charge on any atom is -0.508 e. The lowest BCUT2D eigenvalue weighted by Gasteiger charge is -2.28. The summed E-state index contributed by atoms with van der Waals surface area (Å²) in [4.78, 5) is 124. The molecule has 0 radical (unpaired) electrons. The maximum atomic E-state index is 14.9. The minimum absolute atomic E-state index is 0.0130. The number of nitrogens with one attached hydrogen (secondary N) is 7. The number of Topliss-reactive ketones (excluding diaryl/α,β-unsaturated/α-hetero) is 1. The average Bonchev–Trinajstić information content (AvgIpc) is 3.79. The third kappa shape index (κ3) is 19.8. The summed E-state index contributed by atoms with van der Waals surface area (Å²) in [5.41, 5.74) is 2.94. The summed E-state index contributed by atoms with van der Waals surface area (Å²) in [6.07, 6.45) is -0.999. The molecule has 8 atom stereocenters. The van der Waals surface area contributed by atoms with E-state index in [1.54, 1.807) is 63.2 Å². The molecule has 23 heteroatoms. The molecule has 1 aliphatic heterocycles. The number of phenols is 1. The fourth-order valence-corrected chi connectivity index (χ4v) is 10.8. The molecule has 10 N–H and O–H groups in total. The Balaban J connectivity index is 1.55. The lowest BCUT2D eigenvalue weighted by atomic mass is 9.90. The summed E-state index contributed by atoms with van der Waals surface area (Å²) in [5.74, 6) is -8.26. The van der Waals surface area contributed by atoms with Gasteiger partial charge in [0.1, 0.15) is 41.6 Å². The van der Waals surface area contributed by atoms with Crippen molar-refractivity contribution >= 4 is 80.6 Å². The number of ketones is 1. The largest absolute Gasteiger partial charge is 0.508 e. The second-order valence-corrected chi connectivity index (χ2v) is 22.3. The SMILES string of the molecule is COC(=O)N[C@H](Cc1ccccc1)C(=O)N[C@H]1CSSC[C@@H](C(=O)O)NC(=O)[C@H]([C@@H](C)O)NC(=O)[C@H](CCCCNC(=O)OC(C)(C)C)NC(=O)[C@@H](CC2=CCc3ccccc32)NC(=O)[C@H](Cc2ccc(O)cc2)CC1=O. The van der Waals surface area contributed by atoms with Gasteiger partial charge in [-0.2, -0.15) is 0 Å². The molecular formula is C54H69N7O14S2. The molecule has 3 aromatic carbocycles. The number of aliphatic hydroxyl groups is 1. The molecule has 3 aromatic rings. The number of phenolic OH excluding ortho intramolecular Hbond substituents is 1. The van der Waals surface area contributed by atoms with Gasteiger partial charge in [0.25, 0.3) is 0 Å². The van der Waals surface area contributed by atoms with Crippen LogP contribution in [0.25, 0.3) is 5.57 Å². The van der Waals surface area contributed by atoms with Gasteiger partial charge >= 0.3 is 18.2 Å². The predicted molar refractivity (Wildman–Crippen MR) is 289 cm³/mol. The zero-order valence-corrected chi connectivity index (χ0v) is 45.3. The van der Waals surface area contributed by atoms with Gasteiger partial charge in [-0.05, 0) is 99.8 Å². The van der Waals surface area contributed by atoms with E-state index < -0.39 is 114 Å². The second kappa shape index (κ2) is 29.4. The predicted octanol–water partition coefficient (Wildman–Crippen LogP) is 3.49. The number of hydrogen-bond acceptors (Lipinski definition) is 15. The van der Waals surface area contributed by atoms with E-state index in [-0.39, 0.29) is 55.9 Å². The van der Waals surface area contributed by atoms with Crippen LogP contribution in [-0.4, -0.2) is 142 Å². The molecule has 1 saturated heterocycles. The fraction of sp³-hybridized carbons (Fsp3) is 0.463. The third-order valence-corrected chi connectivity index (χ3v) is 14.9. The van der Waals surface area contributed by atoms with Gasteiger partial charge in [0.15, 0.2) is 5.78 Å². The van der Waals surface area contributed by atoms with Crippen LogP contribution in [0.5, 0.6) is 5.75 Å². The summed E-state index contributed by atoms with van der Waals surface area (Å²) in [7, 11) is 3.03. The summed E-state index contributed by atoms with van der Waals surface area (Å²) >= 11 is 0. The number of amides is 7. The summed E-state index contributed by atoms with van der Waals surface area (Å²) in [6.45, 7) is 6.46. The molecule has 0 saturated carbocycles. The maximum Gasteiger partial charge on any atom is 0.407 e. The number of carboxylic acid groups (broad SMARTS) is 1. The van der Waals surface area contributed by atoms with E-state index >= 15 is 0 Å². The van der Waals surface area contributed by atoms with Gasteiger partial charge in [-0.3, -0.25) is 28.8 Å². The van der Waals surface area contributed by atoms with E-state index in [9.17, 15) is 58.5 Å². The molecule has 1 heterocycles. The maximum absolute atomic E-state index is 14.9. The van der Waals surface area contributed by atoms with Crippen LogP contribution in [0, 0.1) is 5.92 Å². The van der Waals surface area contributed by atoms with Crippen molar-refractivity contribution in [1.82, 2.24) is 37.2 Å². The number of carbonyl (C=O) groups is 9. The Labute approximate surface area is 455 Å². The number of carbonyl (C=O) groups excluding carboxylic acids is 8. The second-order valence-electron chi connectivity index (χ2n) is 19.7. The van der Waals surface area contributed by atoms with Gasteiger partial charge in [-0.15, -0.1) is 0 Å². The average molecular weight is 1100 g/mol. The number of ether oxygens (including phenoxy) is 2. The Morgan fingerprint density at radius 1 is 0.766 bits per heavy atom. The van der Waals surface area contributed by atoms with Crippen LogP contribution in [0.1, 0.15) is 82.1 Å². The molecule has 77 heavy (non-hydrogen) atoms. The fourth-order valence-electron chi connectivity index (χ4n) is 8.42. The number of aliphatic hydroxyl groups excluding tert-OH is 1. The van der Waals surface area contributed by atoms with Gasteiger partial charge < -0.3 is 62.0 Å². The molecule has 0 spiro atoms. The molecule has 1 aliphatic carbocycles. The number of rotatable bonds is 16. The molecule has 0 unspecified atom stereocenters. The first-order valence-electron chi connectivity index (χ1n) is 25.2. The van der Waals surface area contributed by atoms with E-state index in [1.807, 2.05) is 30.3 Å². The van der Waals surface area contributed by atoms with Crippen molar-refractivity contribution in [2.75, 3.05) is 25.2 Å². The lowest BCUT2D eigenvalue weighted by Crippen LogP contribution is -2.60. The highest BCUT2D eigenvalue weighted by atomic mass is 33.1. The van der Waals surface area contributed by atoms with E-state index in [2.05, 4.69) is 37.2 Å². The monoisotopic (exact) mass is 1100 g/mol. The molecule has 2 aliphatic rings. The molecule has 5 rings (SSSR count). The van der Waals surface area contributed by atoms with Crippen LogP contribution < -0.4 is 37.2 Å². The zero-order valence-electron chi connectivity index (χ0n) is 43.6. The third-order valence-electron chi connectivity index (χ3n) is 12.5. The van der Waals surface area contributed by atoms with E-state index in [0.29, 0.717) is 29.5 Å². The highest BCUT2D eigenvalue weighted by Crippen LogP contribution is 2.31. The normalized spacial score (nSPS) is 21.7. The number of methoxy groups -OCH3 is 1. The first-order chi connectivity index (χ1) is 36.6. The van der Waals surface area contributed by atoms with E-state index in [4.69, 9.17) is 9.47 Å². The van der Waals surface area contributed by atoms with Crippen LogP contribution in [0.4, 0.5) is 9.59 Å².